The van der Waals surface area contributed by atoms with Crippen molar-refractivity contribution in [1.82, 2.24) is 10.2 Å². The largest absolute Gasteiger partial charge is 0.484 e. The Morgan fingerprint density at radius 1 is 1.10 bits per heavy atom. The van der Waals surface area contributed by atoms with E-state index in [1.807, 2.05) is 0 Å². The summed E-state index contributed by atoms with van der Waals surface area (Å²) in [7, 11) is 0. The third-order valence-electron chi connectivity index (χ3n) is 6.72. The van der Waals surface area contributed by atoms with Gasteiger partial charge in [-0.1, -0.05) is 17.7 Å². The Hall–Kier alpha value is -3.54. The SMILES string of the molecule is CC(C)(C)OC(=O)N1CC(NC(=O)COc2ccc(Cl)c(F)c2)CCC1C(=O)N1CCc2c1cccc2C(F)(F)F. The van der Waals surface area contributed by atoms with E-state index in [1.165, 1.54) is 34.1 Å². The van der Waals surface area contributed by atoms with Gasteiger partial charge in [-0.15, -0.1) is 0 Å². The van der Waals surface area contributed by atoms with Gasteiger partial charge >= 0.3 is 12.3 Å². The maximum atomic E-state index is 13.7. The van der Waals surface area contributed by atoms with Gasteiger partial charge in [0.15, 0.2) is 6.61 Å². The summed E-state index contributed by atoms with van der Waals surface area (Å²) in [5.74, 6) is -1.65. The Bertz CT molecular complexity index is 1330. The first-order valence-electron chi connectivity index (χ1n) is 13.0. The molecule has 2 aromatic rings. The highest BCUT2D eigenvalue weighted by atomic mass is 35.5. The first kappa shape index (κ1) is 30.4. The number of amides is 3. The number of likely N-dealkylation sites (tertiary alicyclic amines) is 1. The molecule has 1 fully saturated rings. The summed E-state index contributed by atoms with van der Waals surface area (Å²) >= 11 is 5.65. The number of hydrogen-bond donors (Lipinski definition) is 1. The summed E-state index contributed by atoms with van der Waals surface area (Å²) < 4.78 is 65.1. The maximum absolute atomic E-state index is 13.7. The lowest BCUT2D eigenvalue weighted by molar-refractivity contribution is -0.138. The number of hydrogen-bond acceptors (Lipinski definition) is 5. The van der Waals surface area contributed by atoms with Crippen LogP contribution in [0.3, 0.4) is 0 Å². The van der Waals surface area contributed by atoms with Gasteiger partial charge in [0.25, 0.3) is 5.91 Å². The summed E-state index contributed by atoms with van der Waals surface area (Å²) in [5, 5.41) is 2.66. The lowest BCUT2D eigenvalue weighted by Gasteiger charge is -2.40. The molecule has 0 aliphatic carbocycles. The van der Waals surface area contributed by atoms with Gasteiger partial charge in [-0.2, -0.15) is 13.2 Å². The molecule has 0 spiro atoms. The first-order valence-corrected chi connectivity index (χ1v) is 13.4. The quantitative estimate of drug-likeness (QED) is 0.468. The zero-order chi connectivity index (χ0) is 30.1. The van der Waals surface area contributed by atoms with E-state index in [0.717, 1.165) is 12.1 Å². The Morgan fingerprint density at radius 3 is 2.49 bits per heavy atom. The van der Waals surface area contributed by atoms with E-state index in [1.54, 1.807) is 20.8 Å². The zero-order valence-electron chi connectivity index (χ0n) is 22.7. The van der Waals surface area contributed by atoms with E-state index in [0.29, 0.717) is 6.42 Å². The number of halogens is 5. The van der Waals surface area contributed by atoms with Crippen LogP contribution >= 0.6 is 11.6 Å². The number of nitrogens with one attached hydrogen (secondary N) is 1. The van der Waals surface area contributed by atoms with Crippen molar-refractivity contribution in [2.75, 3.05) is 24.6 Å². The van der Waals surface area contributed by atoms with Crippen molar-refractivity contribution in [3.63, 3.8) is 0 Å². The number of nitrogens with zero attached hydrogens (tertiary/aromatic N) is 2. The molecular weight excluding hydrogens is 570 g/mol. The fourth-order valence-corrected chi connectivity index (χ4v) is 5.08. The molecule has 222 valence electrons. The van der Waals surface area contributed by atoms with Gasteiger partial charge in [-0.05, 0) is 69.9 Å². The van der Waals surface area contributed by atoms with Crippen LogP contribution in [0.4, 0.5) is 28.0 Å². The van der Waals surface area contributed by atoms with Crippen LogP contribution in [-0.2, 0) is 26.9 Å². The van der Waals surface area contributed by atoms with Gasteiger partial charge in [0.05, 0.1) is 10.6 Å². The molecule has 1 N–H and O–H groups in total. The predicted octanol–water partition coefficient (Wildman–Crippen LogP) is 5.35. The molecule has 2 unspecified atom stereocenters. The molecule has 2 atom stereocenters. The summed E-state index contributed by atoms with van der Waals surface area (Å²) in [4.78, 5) is 41.9. The molecule has 3 amide bonds. The smallest absolute Gasteiger partial charge is 0.416 e. The van der Waals surface area contributed by atoms with E-state index in [2.05, 4.69) is 5.32 Å². The average molecular weight is 600 g/mol. The molecule has 2 aliphatic heterocycles. The Labute approximate surface area is 239 Å². The van der Waals surface area contributed by atoms with E-state index in [9.17, 15) is 31.9 Å². The highest BCUT2D eigenvalue weighted by molar-refractivity contribution is 6.30. The second kappa shape index (κ2) is 11.8. The predicted molar refractivity (Wildman–Crippen MR) is 142 cm³/mol. The molecule has 0 aromatic heterocycles. The average Bonchev–Trinajstić information content (AvgIpc) is 3.31. The zero-order valence-corrected chi connectivity index (χ0v) is 23.4. The number of carbonyl (C=O) groups is 3. The number of anilines is 1. The van der Waals surface area contributed by atoms with E-state index in [4.69, 9.17) is 21.1 Å². The van der Waals surface area contributed by atoms with Crippen molar-refractivity contribution in [1.29, 1.82) is 0 Å². The minimum atomic E-state index is -4.56. The number of alkyl halides is 3. The van der Waals surface area contributed by atoms with Gasteiger partial charge in [0.2, 0.25) is 5.91 Å². The molecule has 1 saturated heterocycles. The van der Waals surface area contributed by atoms with Crippen molar-refractivity contribution in [2.45, 2.75) is 63.9 Å². The second-order valence-electron chi connectivity index (χ2n) is 10.9. The van der Waals surface area contributed by atoms with Gasteiger partial charge in [-0.25, -0.2) is 9.18 Å². The highest BCUT2D eigenvalue weighted by Crippen LogP contribution is 2.40. The van der Waals surface area contributed by atoms with E-state index >= 15 is 0 Å². The highest BCUT2D eigenvalue weighted by Gasteiger charge is 2.43. The molecule has 2 aromatic carbocycles. The van der Waals surface area contributed by atoms with Crippen LogP contribution in [0.25, 0.3) is 0 Å². The van der Waals surface area contributed by atoms with E-state index < -0.39 is 59.8 Å². The Balaban J connectivity index is 1.47. The summed E-state index contributed by atoms with van der Waals surface area (Å²) in [6.07, 6.45) is -4.87. The molecule has 2 aliphatic rings. The third-order valence-corrected chi connectivity index (χ3v) is 7.03. The molecule has 0 radical (unpaired) electrons. The van der Waals surface area contributed by atoms with Crippen molar-refractivity contribution in [3.05, 3.63) is 58.4 Å². The number of fused-ring (bicyclic) bond motifs is 1. The Morgan fingerprint density at radius 2 is 1.83 bits per heavy atom. The van der Waals surface area contributed by atoms with Crippen LogP contribution in [0.15, 0.2) is 36.4 Å². The topological polar surface area (TPSA) is 88.2 Å². The molecule has 13 heteroatoms. The van der Waals surface area contributed by atoms with Gasteiger partial charge < -0.3 is 19.7 Å². The first-order chi connectivity index (χ1) is 19.1. The van der Waals surface area contributed by atoms with Gasteiger partial charge in [0, 0.05) is 30.9 Å². The molecule has 4 rings (SSSR count). The molecule has 8 nitrogen and oxygen atoms in total. The standard InChI is InChI=1S/C28H30ClF4N3O5/c1-27(2,3)41-26(39)36-14-16(34-24(37)15-40-17-8-9-20(29)21(30)13-17)7-10-23(36)25(38)35-12-11-18-19(28(31,32)33)5-4-6-22(18)35/h4-6,8-9,13,16,23H,7,10-12,14-15H2,1-3H3,(H,34,37). The number of ether oxygens (including phenoxy) is 2. The number of carbonyl (C=O) groups excluding carboxylic acids is 3. The molecule has 0 saturated carbocycles. The van der Waals surface area contributed by atoms with E-state index in [-0.39, 0.29) is 48.0 Å². The summed E-state index contributed by atoms with van der Waals surface area (Å²) in [5.41, 5.74) is -1.46. The normalized spacial score (nSPS) is 19.0. The number of rotatable bonds is 5. The molecule has 2 heterocycles. The fourth-order valence-electron chi connectivity index (χ4n) is 4.96. The van der Waals surface area contributed by atoms with Crippen LogP contribution in [0, 0.1) is 5.82 Å². The van der Waals surface area contributed by atoms with Crippen molar-refractivity contribution in [2.24, 2.45) is 0 Å². The minimum Gasteiger partial charge on any atom is -0.484 e. The minimum absolute atomic E-state index is 0.0338. The van der Waals surface area contributed by atoms with Crippen LogP contribution in [-0.4, -0.2) is 60.2 Å². The number of piperidine rings is 1. The number of benzene rings is 2. The van der Waals surface area contributed by atoms with Crippen LogP contribution < -0.4 is 15.0 Å². The summed E-state index contributed by atoms with van der Waals surface area (Å²) in [6.45, 7) is 4.53. The second-order valence-corrected chi connectivity index (χ2v) is 11.3. The maximum Gasteiger partial charge on any atom is 0.416 e. The lowest BCUT2D eigenvalue weighted by atomic mass is 9.97. The van der Waals surface area contributed by atoms with Crippen molar-refractivity contribution >= 4 is 35.2 Å². The van der Waals surface area contributed by atoms with Crippen molar-refractivity contribution < 1.29 is 41.4 Å². The monoisotopic (exact) mass is 599 g/mol. The van der Waals surface area contributed by atoms with Crippen molar-refractivity contribution in [3.8, 4) is 5.75 Å². The third kappa shape index (κ3) is 7.22. The van der Waals surface area contributed by atoms with Crippen LogP contribution in [0.5, 0.6) is 5.75 Å². The lowest BCUT2D eigenvalue weighted by Crippen LogP contribution is -2.59. The van der Waals surface area contributed by atoms with Crippen LogP contribution in [0.1, 0.15) is 44.7 Å². The van der Waals surface area contributed by atoms with Gasteiger partial charge in [-0.3, -0.25) is 14.5 Å². The molecular formula is C28H30ClF4N3O5. The molecule has 41 heavy (non-hydrogen) atoms. The van der Waals surface area contributed by atoms with Gasteiger partial charge in [0.1, 0.15) is 23.2 Å². The fraction of sp³-hybridized carbons (Fsp3) is 0.464. The summed E-state index contributed by atoms with van der Waals surface area (Å²) in [6, 6.07) is 5.89. The van der Waals surface area contributed by atoms with Crippen LogP contribution in [0.2, 0.25) is 5.02 Å². The molecule has 0 bridgehead atoms. The Kier molecular flexibility index (Phi) is 8.72.